The molecule has 1 saturated carbocycles. The van der Waals surface area contributed by atoms with E-state index < -0.39 is 5.60 Å². The Hall–Kier alpha value is -0.740. The number of ether oxygens (including phenoxy) is 2. The third-order valence-electron chi connectivity index (χ3n) is 2.82. The maximum Gasteiger partial charge on any atom is 0.167 e. The molecule has 0 radical (unpaired) electrons. The van der Waals surface area contributed by atoms with Gasteiger partial charge in [0.15, 0.2) is 11.5 Å². The first-order valence-corrected chi connectivity index (χ1v) is 6.52. The standard InChI is InChI=1S/C13H17BrO3/c1-8(2)17-12-10(13(15)4-5-13)6-9(14)7-11(12)16-3/h6-8,15H,4-5H2,1-3H3. The van der Waals surface area contributed by atoms with Crippen molar-refractivity contribution in [1.29, 1.82) is 0 Å². The fraction of sp³-hybridized carbons (Fsp3) is 0.538. The van der Waals surface area contributed by atoms with Crippen LogP contribution in [0.5, 0.6) is 11.5 Å². The normalized spacial score (nSPS) is 17.1. The summed E-state index contributed by atoms with van der Waals surface area (Å²) >= 11 is 3.43. The summed E-state index contributed by atoms with van der Waals surface area (Å²) in [6.45, 7) is 3.92. The van der Waals surface area contributed by atoms with E-state index in [9.17, 15) is 5.11 Å². The Kier molecular flexibility index (Phi) is 3.36. The van der Waals surface area contributed by atoms with Crippen LogP contribution < -0.4 is 9.47 Å². The van der Waals surface area contributed by atoms with Gasteiger partial charge < -0.3 is 14.6 Å². The van der Waals surface area contributed by atoms with Crippen molar-refractivity contribution in [2.24, 2.45) is 0 Å². The molecule has 3 nitrogen and oxygen atoms in total. The molecule has 1 aromatic rings. The first-order valence-electron chi connectivity index (χ1n) is 5.73. The molecule has 2 rings (SSSR count). The van der Waals surface area contributed by atoms with Crippen molar-refractivity contribution in [3.8, 4) is 11.5 Å². The molecule has 0 unspecified atom stereocenters. The Morgan fingerprint density at radius 2 is 2.00 bits per heavy atom. The molecule has 4 heteroatoms. The minimum Gasteiger partial charge on any atom is -0.493 e. The largest absolute Gasteiger partial charge is 0.493 e. The zero-order valence-corrected chi connectivity index (χ0v) is 11.9. The second-order valence-corrected chi connectivity index (χ2v) is 5.60. The molecule has 17 heavy (non-hydrogen) atoms. The van der Waals surface area contributed by atoms with Crippen molar-refractivity contribution < 1.29 is 14.6 Å². The monoisotopic (exact) mass is 300 g/mol. The lowest BCUT2D eigenvalue weighted by atomic mass is 10.1. The number of rotatable bonds is 4. The van der Waals surface area contributed by atoms with Crippen LogP contribution in [0.2, 0.25) is 0 Å². The van der Waals surface area contributed by atoms with E-state index in [1.807, 2.05) is 26.0 Å². The maximum atomic E-state index is 10.3. The van der Waals surface area contributed by atoms with E-state index in [0.29, 0.717) is 11.5 Å². The van der Waals surface area contributed by atoms with E-state index in [1.165, 1.54) is 0 Å². The van der Waals surface area contributed by atoms with E-state index in [2.05, 4.69) is 15.9 Å². The van der Waals surface area contributed by atoms with Crippen LogP contribution in [0.3, 0.4) is 0 Å². The van der Waals surface area contributed by atoms with Gasteiger partial charge >= 0.3 is 0 Å². The molecule has 1 aliphatic rings. The van der Waals surface area contributed by atoms with Crippen LogP contribution in [0.1, 0.15) is 32.3 Å². The number of hydrogen-bond acceptors (Lipinski definition) is 3. The van der Waals surface area contributed by atoms with Gasteiger partial charge in [-0.1, -0.05) is 15.9 Å². The highest BCUT2D eigenvalue weighted by molar-refractivity contribution is 9.10. The van der Waals surface area contributed by atoms with Gasteiger partial charge in [-0.3, -0.25) is 0 Å². The Balaban J connectivity index is 2.50. The summed E-state index contributed by atoms with van der Waals surface area (Å²) in [7, 11) is 1.61. The van der Waals surface area contributed by atoms with Crippen LogP contribution in [0, 0.1) is 0 Å². The first-order chi connectivity index (χ1) is 7.96. The molecule has 1 N–H and O–H groups in total. The fourth-order valence-electron chi connectivity index (χ4n) is 1.81. The summed E-state index contributed by atoms with van der Waals surface area (Å²) < 4.78 is 12.0. The van der Waals surface area contributed by atoms with Gasteiger partial charge in [-0.2, -0.15) is 0 Å². The molecular formula is C13H17BrO3. The van der Waals surface area contributed by atoms with Gasteiger partial charge in [0.2, 0.25) is 0 Å². The topological polar surface area (TPSA) is 38.7 Å². The third kappa shape index (κ3) is 2.58. The molecule has 0 bridgehead atoms. The summed E-state index contributed by atoms with van der Waals surface area (Å²) in [4.78, 5) is 0. The van der Waals surface area contributed by atoms with E-state index in [-0.39, 0.29) is 6.10 Å². The predicted octanol–water partition coefficient (Wildman–Crippen LogP) is 3.23. The van der Waals surface area contributed by atoms with Crippen LogP contribution in [0.25, 0.3) is 0 Å². The third-order valence-corrected chi connectivity index (χ3v) is 3.28. The molecule has 1 aliphatic carbocycles. The second-order valence-electron chi connectivity index (χ2n) is 4.68. The fourth-order valence-corrected chi connectivity index (χ4v) is 2.25. The summed E-state index contributed by atoms with van der Waals surface area (Å²) in [5, 5.41) is 10.3. The highest BCUT2D eigenvalue weighted by atomic mass is 79.9. The summed E-state index contributed by atoms with van der Waals surface area (Å²) in [5.41, 5.74) is 0.0822. The van der Waals surface area contributed by atoms with E-state index >= 15 is 0 Å². The van der Waals surface area contributed by atoms with Gasteiger partial charge in [0.1, 0.15) is 0 Å². The van der Waals surface area contributed by atoms with Crippen molar-refractivity contribution in [3.05, 3.63) is 22.2 Å². The Morgan fingerprint density at radius 1 is 1.35 bits per heavy atom. The molecule has 0 aromatic heterocycles. The number of halogens is 1. The Labute approximate surface area is 110 Å². The first kappa shape index (κ1) is 12.7. The summed E-state index contributed by atoms with van der Waals surface area (Å²) in [6.07, 6.45) is 1.61. The molecule has 0 heterocycles. The molecule has 1 fully saturated rings. The van der Waals surface area contributed by atoms with Crippen molar-refractivity contribution >= 4 is 15.9 Å². The molecule has 94 valence electrons. The van der Waals surface area contributed by atoms with Crippen LogP contribution >= 0.6 is 15.9 Å². The highest BCUT2D eigenvalue weighted by Gasteiger charge is 2.45. The smallest absolute Gasteiger partial charge is 0.167 e. The summed E-state index contributed by atoms with van der Waals surface area (Å²) in [5.74, 6) is 1.31. The highest BCUT2D eigenvalue weighted by Crippen LogP contribution is 2.52. The Morgan fingerprint density at radius 3 is 2.47 bits per heavy atom. The zero-order chi connectivity index (χ0) is 12.6. The number of hydrogen-bond donors (Lipinski definition) is 1. The molecular weight excluding hydrogens is 284 g/mol. The van der Waals surface area contributed by atoms with Crippen LogP contribution in [-0.2, 0) is 5.60 Å². The molecule has 0 spiro atoms. The van der Waals surface area contributed by atoms with Gasteiger partial charge in [0.25, 0.3) is 0 Å². The molecule has 0 amide bonds. The Bertz CT molecular complexity index is 425. The number of benzene rings is 1. The minimum atomic E-state index is -0.735. The van der Waals surface area contributed by atoms with Crippen LogP contribution in [-0.4, -0.2) is 18.3 Å². The lowest BCUT2D eigenvalue weighted by Gasteiger charge is -2.20. The molecule has 0 saturated heterocycles. The predicted molar refractivity (Wildman–Crippen MR) is 69.6 cm³/mol. The van der Waals surface area contributed by atoms with E-state index in [1.54, 1.807) is 7.11 Å². The molecule has 1 aromatic carbocycles. The maximum absolute atomic E-state index is 10.3. The van der Waals surface area contributed by atoms with E-state index in [0.717, 1.165) is 22.9 Å². The molecule has 0 aliphatic heterocycles. The van der Waals surface area contributed by atoms with Crippen LogP contribution in [0.15, 0.2) is 16.6 Å². The zero-order valence-electron chi connectivity index (χ0n) is 10.3. The van der Waals surface area contributed by atoms with Crippen LogP contribution in [0.4, 0.5) is 0 Å². The number of methoxy groups -OCH3 is 1. The van der Waals surface area contributed by atoms with Crippen molar-refractivity contribution in [1.82, 2.24) is 0 Å². The van der Waals surface area contributed by atoms with Gasteiger partial charge in [-0.25, -0.2) is 0 Å². The van der Waals surface area contributed by atoms with Crippen molar-refractivity contribution in [2.45, 2.75) is 38.4 Å². The molecule has 0 atom stereocenters. The average Bonchev–Trinajstić information content (AvgIpc) is 2.99. The van der Waals surface area contributed by atoms with Crippen molar-refractivity contribution in [3.63, 3.8) is 0 Å². The quantitative estimate of drug-likeness (QED) is 0.928. The lowest BCUT2D eigenvalue weighted by molar-refractivity contribution is 0.140. The van der Waals surface area contributed by atoms with Gasteiger partial charge in [-0.05, 0) is 38.8 Å². The SMILES string of the molecule is COc1cc(Br)cc(C2(O)CC2)c1OC(C)C. The number of aliphatic hydroxyl groups is 1. The van der Waals surface area contributed by atoms with Gasteiger partial charge in [-0.15, -0.1) is 0 Å². The van der Waals surface area contributed by atoms with Gasteiger partial charge in [0, 0.05) is 10.0 Å². The summed E-state index contributed by atoms with van der Waals surface area (Å²) in [6, 6.07) is 3.76. The van der Waals surface area contributed by atoms with E-state index in [4.69, 9.17) is 9.47 Å². The van der Waals surface area contributed by atoms with Crippen molar-refractivity contribution in [2.75, 3.05) is 7.11 Å². The lowest BCUT2D eigenvalue weighted by Crippen LogP contribution is -2.13. The van der Waals surface area contributed by atoms with Gasteiger partial charge in [0.05, 0.1) is 18.8 Å². The minimum absolute atomic E-state index is 0.0474. The second kappa shape index (κ2) is 4.50. The average molecular weight is 301 g/mol.